The van der Waals surface area contributed by atoms with Crippen molar-refractivity contribution >= 4 is 22.7 Å². The summed E-state index contributed by atoms with van der Waals surface area (Å²) in [5, 5.41) is 12.8. The van der Waals surface area contributed by atoms with E-state index in [1.165, 1.54) is 25.3 Å². The number of hydrogen-bond donors (Lipinski definition) is 2. The van der Waals surface area contributed by atoms with Gasteiger partial charge in [0, 0.05) is 47.9 Å². The van der Waals surface area contributed by atoms with Crippen LogP contribution in [0.2, 0.25) is 0 Å². The molecule has 0 aliphatic heterocycles. The van der Waals surface area contributed by atoms with Crippen molar-refractivity contribution in [3.8, 4) is 5.75 Å². The van der Waals surface area contributed by atoms with Crippen molar-refractivity contribution in [2.24, 2.45) is 0 Å². The Morgan fingerprint density at radius 1 is 1.29 bits per heavy atom. The van der Waals surface area contributed by atoms with Crippen LogP contribution in [0.15, 0.2) is 47.9 Å². The van der Waals surface area contributed by atoms with E-state index in [4.69, 9.17) is 4.74 Å². The number of aromatic nitrogens is 1. The number of fused-ring (bicyclic) bond motifs is 1. The molecule has 7 heteroatoms. The van der Waals surface area contributed by atoms with Crippen LogP contribution in [0.4, 0.5) is 14.5 Å². The van der Waals surface area contributed by atoms with Crippen molar-refractivity contribution in [1.29, 1.82) is 0 Å². The van der Waals surface area contributed by atoms with Gasteiger partial charge in [0.1, 0.15) is 17.4 Å². The third-order valence-electron chi connectivity index (χ3n) is 4.47. The molecule has 3 rings (SSSR count). The van der Waals surface area contributed by atoms with E-state index in [2.05, 4.69) is 11.9 Å². The predicted octanol–water partition coefficient (Wildman–Crippen LogP) is 3.54. The van der Waals surface area contributed by atoms with Crippen molar-refractivity contribution in [1.82, 2.24) is 4.57 Å². The second-order valence-electron chi connectivity index (χ2n) is 6.19. The van der Waals surface area contributed by atoms with Gasteiger partial charge in [0.2, 0.25) is 0 Å². The number of ether oxygens (including phenoxy) is 1. The molecular formula is C21H20F2N2O3. The Morgan fingerprint density at radius 3 is 2.71 bits per heavy atom. The second-order valence-corrected chi connectivity index (χ2v) is 6.19. The number of aliphatic hydroxyl groups excluding tert-OH is 1. The molecular weight excluding hydrogens is 366 g/mol. The van der Waals surface area contributed by atoms with E-state index in [-0.39, 0.29) is 24.1 Å². The highest BCUT2D eigenvalue weighted by atomic mass is 19.1. The van der Waals surface area contributed by atoms with Crippen LogP contribution in [0.5, 0.6) is 5.75 Å². The Labute approximate surface area is 160 Å². The molecule has 28 heavy (non-hydrogen) atoms. The molecule has 3 aromatic rings. The summed E-state index contributed by atoms with van der Waals surface area (Å²) in [4.78, 5) is 12.7. The molecule has 0 atom stereocenters. The number of aliphatic hydroxyl groups is 1. The van der Waals surface area contributed by atoms with E-state index in [0.717, 1.165) is 6.07 Å². The molecule has 0 radical (unpaired) electrons. The zero-order valence-corrected chi connectivity index (χ0v) is 15.3. The zero-order chi connectivity index (χ0) is 20.3. The summed E-state index contributed by atoms with van der Waals surface area (Å²) in [5.74, 6) is -0.857. The molecule has 1 aromatic heterocycles. The largest absolute Gasteiger partial charge is 0.495 e. The quantitative estimate of drug-likeness (QED) is 0.652. The van der Waals surface area contributed by atoms with Crippen LogP contribution < -0.4 is 15.5 Å². The average molecular weight is 386 g/mol. The van der Waals surface area contributed by atoms with Gasteiger partial charge in [0.25, 0.3) is 0 Å². The molecule has 0 spiro atoms. The number of pyridine rings is 1. The number of hydrogen-bond acceptors (Lipinski definition) is 4. The highest BCUT2D eigenvalue weighted by molar-refractivity contribution is 5.87. The molecule has 2 aromatic carbocycles. The maximum Gasteiger partial charge on any atom is 0.196 e. The lowest BCUT2D eigenvalue weighted by Gasteiger charge is -2.16. The maximum atomic E-state index is 13.9. The zero-order valence-electron chi connectivity index (χ0n) is 15.3. The number of benzene rings is 2. The highest BCUT2D eigenvalue weighted by Gasteiger charge is 2.13. The average Bonchev–Trinajstić information content (AvgIpc) is 2.69. The van der Waals surface area contributed by atoms with E-state index in [0.29, 0.717) is 34.4 Å². The summed E-state index contributed by atoms with van der Waals surface area (Å²) in [7, 11) is 1.48. The third kappa shape index (κ3) is 3.75. The minimum Gasteiger partial charge on any atom is -0.495 e. The summed E-state index contributed by atoms with van der Waals surface area (Å²) in [6.45, 7) is 3.95. The first-order valence-electron chi connectivity index (χ1n) is 8.64. The van der Waals surface area contributed by atoms with E-state index < -0.39 is 11.6 Å². The lowest BCUT2D eigenvalue weighted by atomic mass is 10.1. The van der Waals surface area contributed by atoms with Crippen molar-refractivity contribution < 1.29 is 18.6 Å². The minimum absolute atomic E-state index is 0.0833. The first-order valence-corrected chi connectivity index (χ1v) is 8.64. The van der Waals surface area contributed by atoms with Crippen molar-refractivity contribution in [3.63, 3.8) is 0 Å². The molecule has 0 bridgehead atoms. The van der Waals surface area contributed by atoms with Gasteiger partial charge in [-0.2, -0.15) is 0 Å². The predicted molar refractivity (Wildman–Crippen MR) is 106 cm³/mol. The van der Waals surface area contributed by atoms with Gasteiger partial charge in [0.15, 0.2) is 5.43 Å². The van der Waals surface area contributed by atoms with Crippen LogP contribution in [0.3, 0.4) is 0 Å². The summed E-state index contributed by atoms with van der Waals surface area (Å²) < 4.78 is 34.1. The van der Waals surface area contributed by atoms with Gasteiger partial charge in [-0.05, 0) is 12.1 Å². The number of halogens is 2. The Balaban J connectivity index is 2.08. The molecule has 0 fully saturated rings. The summed E-state index contributed by atoms with van der Waals surface area (Å²) in [5.41, 5.74) is 1.56. The Hall–Kier alpha value is -3.19. The molecule has 0 aliphatic carbocycles. The summed E-state index contributed by atoms with van der Waals surface area (Å²) >= 11 is 0. The fourth-order valence-corrected chi connectivity index (χ4v) is 3.04. The molecule has 1 heterocycles. The first kappa shape index (κ1) is 19.6. The smallest absolute Gasteiger partial charge is 0.196 e. The Kier molecular flexibility index (Phi) is 5.75. The number of anilines is 1. The minimum atomic E-state index is -0.661. The van der Waals surface area contributed by atoms with Gasteiger partial charge in [0.05, 0.1) is 24.9 Å². The Morgan fingerprint density at radius 2 is 2.07 bits per heavy atom. The van der Waals surface area contributed by atoms with E-state index in [1.807, 2.05) is 0 Å². The third-order valence-corrected chi connectivity index (χ3v) is 4.47. The molecule has 146 valence electrons. The van der Waals surface area contributed by atoms with Crippen LogP contribution in [0.25, 0.3) is 17.0 Å². The molecule has 0 amide bonds. The van der Waals surface area contributed by atoms with Gasteiger partial charge < -0.3 is 19.7 Å². The van der Waals surface area contributed by atoms with Crippen LogP contribution in [0.1, 0.15) is 11.1 Å². The number of rotatable bonds is 7. The van der Waals surface area contributed by atoms with E-state index in [9.17, 15) is 18.7 Å². The van der Waals surface area contributed by atoms with Crippen LogP contribution in [0, 0.1) is 11.6 Å². The topological polar surface area (TPSA) is 63.5 Å². The van der Waals surface area contributed by atoms with Gasteiger partial charge in [-0.3, -0.25) is 4.79 Å². The fraction of sp³-hybridized carbons (Fsp3) is 0.190. The molecule has 0 saturated heterocycles. The van der Waals surface area contributed by atoms with Gasteiger partial charge >= 0.3 is 0 Å². The summed E-state index contributed by atoms with van der Waals surface area (Å²) in [6.07, 6.45) is 3.09. The molecule has 0 aliphatic rings. The van der Waals surface area contributed by atoms with Crippen molar-refractivity contribution in [3.05, 3.63) is 76.1 Å². The molecule has 5 nitrogen and oxygen atoms in total. The Bertz CT molecular complexity index is 1090. The van der Waals surface area contributed by atoms with Crippen molar-refractivity contribution in [2.45, 2.75) is 13.1 Å². The SMILES string of the molecule is C=Cc1cn(CCO)c2cc(OC)c(NCc3ccc(F)cc3F)cc2c1=O. The van der Waals surface area contributed by atoms with Crippen molar-refractivity contribution in [2.75, 3.05) is 19.0 Å². The first-order chi connectivity index (χ1) is 13.5. The van der Waals surface area contributed by atoms with Gasteiger partial charge in [-0.1, -0.05) is 18.7 Å². The number of nitrogens with one attached hydrogen (secondary N) is 1. The van der Waals surface area contributed by atoms with E-state index >= 15 is 0 Å². The van der Waals surface area contributed by atoms with Gasteiger partial charge in [-0.15, -0.1) is 0 Å². The number of nitrogens with zero attached hydrogens (tertiary/aromatic N) is 1. The van der Waals surface area contributed by atoms with Crippen LogP contribution in [-0.4, -0.2) is 23.4 Å². The lowest BCUT2D eigenvalue weighted by Crippen LogP contribution is -2.14. The molecule has 2 N–H and O–H groups in total. The molecule has 0 saturated carbocycles. The fourth-order valence-electron chi connectivity index (χ4n) is 3.04. The van der Waals surface area contributed by atoms with E-state index in [1.54, 1.807) is 22.9 Å². The maximum absolute atomic E-state index is 13.9. The van der Waals surface area contributed by atoms with Crippen LogP contribution in [-0.2, 0) is 13.1 Å². The standard InChI is InChI=1S/C21H20F2N2O3/c1-3-13-12-25(6-7-26)19-10-20(28-2)18(9-16(19)21(13)27)24-11-14-4-5-15(22)8-17(14)23/h3-5,8-10,12,24,26H,1,6-7,11H2,2H3. The normalized spacial score (nSPS) is 10.9. The number of methoxy groups -OCH3 is 1. The molecule has 0 unspecified atom stereocenters. The van der Waals surface area contributed by atoms with Crippen LogP contribution >= 0.6 is 0 Å². The monoisotopic (exact) mass is 386 g/mol. The second kappa shape index (κ2) is 8.22. The lowest BCUT2D eigenvalue weighted by molar-refractivity contribution is 0.277. The highest BCUT2D eigenvalue weighted by Crippen LogP contribution is 2.30. The van der Waals surface area contributed by atoms with Gasteiger partial charge in [-0.25, -0.2) is 8.78 Å². The summed E-state index contributed by atoms with van der Waals surface area (Å²) in [6, 6.07) is 6.66.